The fourth-order valence-corrected chi connectivity index (χ4v) is 2.38. The van der Waals surface area contributed by atoms with Gasteiger partial charge in [0.25, 0.3) is 5.91 Å². The zero-order valence-electron chi connectivity index (χ0n) is 14.7. The van der Waals surface area contributed by atoms with E-state index in [0.717, 1.165) is 24.8 Å². The topological polar surface area (TPSA) is 55.4 Å². The highest BCUT2D eigenvalue weighted by Gasteiger charge is 2.06. The molecule has 0 aliphatic carbocycles. The van der Waals surface area contributed by atoms with Crippen molar-refractivity contribution in [3.8, 4) is 0 Å². The number of hydrogen-bond donors (Lipinski definition) is 1. The first kappa shape index (κ1) is 19.7. The second-order valence-corrected chi connectivity index (χ2v) is 6.28. The van der Waals surface area contributed by atoms with E-state index < -0.39 is 5.97 Å². The maximum absolute atomic E-state index is 11.9. The fraction of sp³-hybridized carbons (Fsp3) is 0.238. The molecule has 4 nitrogen and oxygen atoms in total. The minimum absolute atomic E-state index is 0.332. The molecule has 0 saturated carbocycles. The fourth-order valence-electron chi connectivity index (χ4n) is 2.26. The van der Waals surface area contributed by atoms with Gasteiger partial charge >= 0.3 is 5.97 Å². The Balaban J connectivity index is 1.75. The third-order valence-electron chi connectivity index (χ3n) is 3.68. The molecule has 0 radical (unpaired) electrons. The largest absolute Gasteiger partial charge is 0.452 e. The Morgan fingerprint density at radius 1 is 1.08 bits per heavy atom. The Labute approximate surface area is 158 Å². The zero-order chi connectivity index (χ0) is 18.8. The van der Waals surface area contributed by atoms with Gasteiger partial charge in [0.15, 0.2) is 6.61 Å². The maximum atomic E-state index is 11.9. The van der Waals surface area contributed by atoms with Crippen molar-refractivity contribution >= 4 is 35.2 Å². The summed E-state index contributed by atoms with van der Waals surface area (Å²) in [6.07, 6.45) is 6.20. The molecule has 2 aromatic rings. The molecule has 0 unspecified atom stereocenters. The molecule has 0 aliphatic heterocycles. The van der Waals surface area contributed by atoms with Gasteiger partial charge in [-0.05, 0) is 54.3 Å². The van der Waals surface area contributed by atoms with Crippen molar-refractivity contribution in [2.45, 2.75) is 26.2 Å². The third-order valence-corrected chi connectivity index (χ3v) is 3.94. The Bertz CT molecular complexity index is 752. The molecule has 0 atom stereocenters. The normalized spacial score (nSPS) is 10.7. The van der Waals surface area contributed by atoms with Gasteiger partial charge in [-0.2, -0.15) is 0 Å². The first-order valence-electron chi connectivity index (χ1n) is 8.56. The number of benzene rings is 2. The molecule has 2 aromatic carbocycles. The number of rotatable bonds is 8. The lowest BCUT2D eigenvalue weighted by Gasteiger charge is -2.06. The molecule has 0 fully saturated rings. The first-order valence-corrected chi connectivity index (χ1v) is 8.94. The Morgan fingerprint density at radius 2 is 1.77 bits per heavy atom. The van der Waals surface area contributed by atoms with Crippen LogP contribution in [0.5, 0.6) is 0 Å². The summed E-state index contributed by atoms with van der Waals surface area (Å²) in [6.45, 7) is 1.82. The second kappa shape index (κ2) is 10.4. The number of nitrogens with one attached hydrogen (secondary N) is 1. The van der Waals surface area contributed by atoms with Crippen LogP contribution >= 0.6 is 11.6 Å². The van der Waals surface area contributed by atoms with E-state index in [-0.39, 0.29) is 12.5 Å². The predicted octanol–water partition coefficient (Wildman–Crippen LogP) is 4.88. The molecule has 2 rings (SSSR count). The van der Waals surface area contributed by atoms with Crippen LogP contribution in [0.25, 0.3) is 6.08 Å². The third kappa shape index (κ3) is 7.11. The number of anilines is 1. The molecular weight excluding hydrogens is 350 g/mol. The van der Waals surface area contributed by atoms with Crippen molar-refractivity contribution in [3.05, 3.63) is 70.8 Å². The summed E-state index contributed by atoms with van der Waals surface area (Å²) in [5, 5.41) is 3.33. The summed E-state index contributed by atoms with van der Waals surface area (Å²) in [5.74, 6) is -0.954. The number of amides is 1. The molecule has 0 saturated heterocycles. The number of hydrogen-bond acceptors (Lipinski definition) is 3. The van der Waals surface area contributed by atoms with E-state index in [1.54, 1.807) is 30.3 Å². The number of ether oxygens (including phenoxy) is 1. The monoisotopic (exact) mass is 371 g/mol. The lowest BCUT2D eigenvalue weighted by molar-refractivity contribution is -0.142. The standard InChI is InChI=1S/C21H22ClNO3/c1-2-3-4-16-7-12-19(13-8-16)23-20(24)15-26-21(25)14-9-17-5-10-18(22)11-6-17/h5-14H,2-4,15H2,1H3,(H,23,24)/b14-9+. The molecule has 0 bridgehead atoms. The SMILES string of the molecule is CCCCc1ccc(NC(=O)COC(=O)/C=C/c2ccc(Cl)cc2)cc1. The highest BCUT2D eigenvalue weighted by Crippen LogP contribution is 2.12. The number of carbonyl (C=O) groups is 2. The van der Waals surface area contributed by atoms with Crippen LogP contribution in [0.15, 0.2) is 54.6 Å². The minimum Gasteiger partial charge on any atom is -0.452 e. The van der Waals surface area contributed by atoms with E-state index in [9.17, 15) is 9.59 Å². The first-order chi connectivity index (χ1) is 12.6. The van der Waals surface area contributed by atoms with Crippen molar-refractivity contribution < 1.29 is 14.3 Å². The summed E-state index contributed by atoms with van der Waals surface area (Å²) in [5.41, 5.74) is 2.74. The smallest absolute Gasteiger partial charge is 0.331 e. The number of aryl methyl sites for hydroxylation is 1. The van der Waals surface area contributed by atoms with E-state index in [0.29, 0.717) is 10.7 Å². The van der Waals surface area contributed by atoms with E-state index in [1.807, 2.05) is 24.3 Å². The van der Waals surface area contributed by atoms with Crippen LogP contribution in [0.3, 0.4) is 0 Å². The summed E-state index contributed by atoms with van der Waals surface area (Å²) in [4.78, 5) is 23.5. The van der Waals surface area contributed by atoms with Gasteiger partial charge in [0, 0.05) is 16.8 Å². The van der Waals surface area contributed by atoms with Crippen LogP contribution < -0.4 is 5.32 Å². The lowest BCUT2D eigenvalue weighted by atomic mass is 10.1. The van der Waals surface area contributed by atoms with Gasteiger partial charge in [-0.25, -0.2) is 4.79 Å². The molecule has 1 amide bonds. The van der Waals surface area contributed by atoms with Crippen molar-refractivity contribution in [1.82, 2.24) is 0 Å². The quantitative estimate of drug-likeness (QED) is 0.531. The van der Waals surface area contributed by atoms with Crippen LogP contribution in [-0.2, 0) is 20.7 Å². The van der Waals surface area contributed by atoms with E-state index >= 15 is 0 Å². The van der Waals surface area contributed by atoms with Gasteiger partial charge in [0.2, 0.25) is 0 Å². The Kier molecular flexibility index (Phi) is 7.90. The van der Waals surface area contributed by atoms with Gasteiger partial charge in [0.1, 0.15) is 0 Å². The van der Waals surface area contributed by atoms with E-state index in [4.69, 9.17) is 16.3 Å². The summed E-state index contributed by atoms with van der Waals surface area (Å²) in [7, 11) is 0. The van der Waals surface area contributed by atoms with Crippen molar-refractivity contribution in [3.63, 3.8) is 0 Å². The molecule has 26 heavy (non-hydrogen) atoms. The van der Waals surface area contributed by atoms with Crippen molar-refractivity contribution in [2.75, 3.05) is 11.9 Å². The predicted molar refractivity (Wildman–Crippen MR) is 105 cm³/mol. The highest BCUT2D eigenvalue weighted by atomic mass is 35.5. The Morgan fingerprint density at radius 3 is 2.42 bits per heavy atom. The average Bonchev–Trinajstić information content (AvgIpc) is 2.65. The Hall–Kier alpha value is -2.59. The van der Waals surface area contributed by atoms with Crippen molar-refractivity contribution in [2.24, 2.45) is 0 Å². The maximum Gasteiger partial charge on any atom is 0.331 e. The second-order valence-electron chi connectivity index (χ2n) is 5.84. The highest BCUT2D eigenvalue weighted by molar-refractivity contribution is 6.30. The molecular formula is C21H22ClNO3. The van der Waals surface area contributed by atoms with E-state index in [1.165, 1.54) is 11.6 Å². The van der Waals surface area contributed by atoms with Gasteiger partial charge in [-0.15, -0.1) is 0 Å². The average molecular weight is 372 g/mol. The number of unbranched alkanes of at least 4 members (excludes halogenated alkanes) is 1. The van der Waals surface area contributed by atoms with Crippen LogP contribution in [0.4, 0.5) is 5.69 Å². The molecule has 0 heterocycles. The number of carbonyl (C=O) groups excluding carboxylic acids is 2. The molecule has 0 aromatic heterocycles. The van der Waals surface area contributed by atoms with Crippen LogP contribution in [0, 0.1) is 0 Å². The summed E-state index contributed by atoms with van der Waals surface area (Å²) < 4.78 is 4.93. The summed E-state index contributed by atoms with van der Waals surface area (Å²) in [6, 6.07) is 14.7. The minimum atomic E-state index is -0.579. The lowest BCUT2D eigenvalue weighted by Crippen LogP contribution is -2.20. The molecule has 0 spiro atoms. The molecule has 1 N–H and O–H groups in total. The molecule has 0 aliphatic rings. The van der Waals surface area contributed by atoms with E-state index in [2.05, 4.69) is 12.2 Å². The molecule has 5 heteroatoms. The van der Waals surface area contributed by atoms with Gasteiger partial charge < -0.3 is 10.1 Å². The van der Waals surface area contributed by atoms with Gasteiger partial charge in [0.05, 0.1) is 0 Å². The van der Waals surface area contributed by atoms with Crippen molar-refractivity contribution in [1.29, 1.82) is 0 Å². The number of esters is 1. The molecule has 136 valence electrons. The van der Waals surface area contributed by atoms with Crippen LogP contribution in [0.2, 0.25) is 5.02 Å². The summed E-state index contributed by atoms with van der Waals surface area (Å²) >= 11 is 5.80. The van der Waals surface area contributed by atoms with Crippen LogP contribution in [-0.4, -0.2) is 18.5 Å². The van der Waals surface area contributed by atoms with Gasteiger partial charge in [-0.3, -0.25) is 4.79 Å². The zero-order valence-corrected chi connectivity index (χ0v) is 15.5. The van der Waals surface area contributed by atoms with Crippen LogP contribution in [0.1, 0.15) is 30.9 Å². The van der Waals surface area contributed by atoms with Gasteiger partial charge in [-0.1, -0.05) is 49.2 Å². The number of halogens is 1.